The highest BCUT2D eigenvalue weighted by Crippen LogP contribution is 2.23. The molecule has 1 rings (SSSR count). The van der Waals surface area contributed by atoms with Crippen molar-refractivity contribution in [3.05, 3.63) is 23.8 Å². The molecule has 0 bridgehead atoms. The Kier molecular flexibility index (Phi) is 6.88. The summed E-state index contributed by atoms with van der Waals surface area (Å²) in [4.78, 5) is 11.9. The van der Waals surface area contributed by atoms with Crippen LogP contribution in [0.3, 0.4) is 0 Å². The number of nitrogens with one attached hydrogen (secondary N) is 1. The Morgan fingerprint density at radius 1 is 1.45 bits per heavy atom. The van der Waals surface area contributed by atoms with E-state index in [1.807, 2.05) is 45.2 Å². The predicted octanol–water partition coefficient (Wildman–Crippen LogP) is 2.80. The van der Waals surface area contributed by atoms with Crippen molar-refractivity contribution in [2.24, 2.45) is 5.73 Å². The van der Waals surface area contributed by atoms with Gasteiger partial charge in [-0.15, -0.1) is 0 Å². The Bertz CT molecular complexity index is 449. The van der Waals surface area contributed by atoms with E-state index in [9.17, 15) is 4.79 Å². The zero-order chi connectivity index (χ0) is 15.1. The first-order valence-corrected chi connectivity index (χ1v) is 8.16. The van der Waals surface area contributed by atoms with Gasteiger partial charge >= 0.3 is 0 Å². The minimum Gasteiger partial charge on any atom is -0.491 e. The van der Waals surface area contributed by atoms with Crippen molar-refractivity contribution >= 4 is 23.4 Å². The van der Waals surface area contributed by atoms with Gasteiger partial charge in [0.15, 0.2) is 0 Å². The lowest BCUT2D eigenvalue weighted by molar-refractivity contribution is -0.117. The fraction of sp³-hybridized carbons (Fsp3) is 0.533. The number of ether oxygens (including phenoxy) is 1. The lowest BCUT2D eigenvalue weighted by Gasteiger charge is -2.15. The van der Waals surface area contributed by atoms with Crippen LogP contribution in [0.25, 0.3) is 0 Å². The summed E-state index contributed by atoms with van der Waals surface area (Å²) in [6.07, 6.45) is 2.82. The van der Waals surface area contributed by atoms with Gasteiger partial charge in [-0.1, -0.05) is 0 Å². The first kappa shape index (κ1) is 16.9. The standard InChI is InChI=1S/C15H24N2O2S/c1-10(2)19-14-6-5-12(9-11(14)3)17-15(18)13(16)7-8-20-4/h5-6,9-10,13H,7-8,16H2,1-4H3,(H,17,18)/t13-/m0/s1. The largest absolute Gasteiger partial charge is 0.491 e. The van der Waals surface area contributed by atoms with Crippen molar-refractivity contribution in [1.29, 1.82) is 0 Å². The molecule has 0 aromatic heterocycles. The summed E-state index contributed by atoms with van der Waals surface area (Å²) in [7, 11) is 0. The van der Waals surface area contributed by atoms with Gasteiger partial charge in [0.25, 0.3) is 0 Å². The van der Waals surface area contributed by atoms with Crippen LogP contribution < -0.4 is 15.8 Å². The van der Waals surface area contributed by atoms with E-state index in [0.29, 0.717) is 6.42 Å². The third-order valence-corrected chi connectivity index (χ3v) is 3.42. The van der Waals surface area contributed by atoms with Crippen LogP contribution in [0.1, 0.15) is 25.8 Å². The van der Waals surface area contributed by atoms with Crippen molar-refractivity contribution in [2.75, 3.05) is 17.3 Å². The molecule has 0 saturated carbocycles. The van der Waals surface area contributed by atoms with E-state index < -0.39 is 6.04 Å². The predicted molar refractivity (Wildman–Crippen MR) is 86.5 cm³/mol. The maximum atomic E-state index is 11.9. The molecule has 0 aliphatic rings. The van der Waals surface area contributed by atoms with Crippen molar-refractivity contribution < 1.29 is 9.53 Å². The highest BCUT2D eigenvalue weighted by Gasteiger charge is 2.13. The zero-order valence-corrected chi connectivity index (χ0v) is 13.4. The van der Waals surface area contributed by atoms with E-state index in [2.05, 4.69) is 5.32 Å². The molecule has 0 saturated heterocycles. The molecular formula is C15H24N2O2S. The molecule has 0 aliphatic heterocycles. The third-order valence-electron chi connectivity index (χ3n) is 2.77. The molecule has 1 atom stereocenters. The van der Waals surface area contributed by atoms with Crippen molar-refractivity contribution in [2.45, 2.75) is 39.3 Å². The fourth-order valence-corrected chi connectivity index (χ4v) is 2.21. The Morgan fingerprint density at radius 3 is 2.70 bits per heavy atom. The van der Waals surface area contributed by atoms with Crippen LogP contribution in [0.4, 0.5) is 5.69 Å². The van der Waals surface area contributed by atoms with Crippen LogP contribution in [-0.2, 0) is 4.79 Å². The topological polar surface area (TPSA) is 64.4 Å². The third kappa shape index (κ3) is 5.43. The normalized spacial score (nSPS) is 12.3. The molecule has 112 valence electrons. The minimum absolute atomic E-state index is 0.133. The molecule has 0 radical (unpaired) electrons. The van der Waals surface area contributed by atoms with E-state index >= 15 is 0 Å². The molecule has 0 heterocycles. The van der Waals surface area contributed by atoms with Crippen molar-refractivity contribution in [3.8, 4) is 5.75 Å². The Hall–Kier alpha value is -1.20. The lowest BCUT2D eigenvalue weighted by Crippen LogP contribution is -2.36. The maximum Gasteiger partial charge on any atom is 0.241 e. The number of benzene rings is 1. The molecular weight excluding hydrogens is 272 g/mol. The molecule has 0 spiro atoms. The monoisotopic (exact) mass is 296 g/mol. The minimum atomic E-state index is -0.464. The smallest absolute Gasteiger partial charge is 0.241 e. The van der Waals surface area contributed by atoms with Gasteiger partial charge in [-0.05, 0) is 63.0 Å². The Morgan fingerprint density at radius 2 is 2.15 bits per heavy atom. The summed E-state index contributed by atoms with van der Waals surface area (Å²) in [6.45, 7) is 5.93. The van der Waals surface area contributed by atoms with Crippen LogP contribution in [0.2, 0.25) is 0 Å². The molecule has 20 heavy (non-hydrogen) atoms. The van der Waals surface area contributed by atoms with E-state index in [1.54, 1.807) is 11.8 Å². The number of hydrogen-bond acceptors (Lipinski definition) is 4. The second-order valence-electron chi connectivity index (χ2n) is 5.02. The molecule has 0 unspecified atom stereocenters. The Balaban J connectivity index is 2.64. The quantitative estimate of drug-likeness (QED) is 0.812. The van der Waals surface area contributed by atoms with Crippen LogP contribution >= 0.6 is 11.8 Å². The number of hydrogen-bond donors (Lipinski definition) is 2. The average Bonchev–Trinajstić information content (AvgIpc) is 2.38. The molecule has 3 N–H and O–H groups in total. The molecule has 5 heteroatoms. The summed E-state index contributed by atoms with van der Waals surface area (Å²) in [5.74, 6) is 1.58. The van der Waals surface area contributed by atoms with Crippen molar-refractivity contribution in [3.63, 3.8) is 0 Å². The van der Waals surface area contributed by atoms with Gasteiger partial charge in [0.1, 0.15) is 5.75 Å². The van der Waals surface area contributed by atoms with Crippen molar-refractivity contribution in [1.82, 2.24) is 0 Å². The van der Waals surface area contributed by atoms with Gasteiger partial charge < -0.3 is 15.8 Å². The first-order valence-electron chi connectivity index (χ1n) is 6.76. The van der Waals surface area contributed by atoms with E-state index in [1.165, 1.54) is 0 Å². The SMILES string of the molecule is CSCC[C@H](N)C(=O)Nc1ccc(OC(C)C)c(C)c1. The number of carbonyl (C=O) groups is 1. The summed E-state index contributed by atoms with van der Waals surface area (Å²) >= 11 is 1.69. The summed E-state index contributed by atoms with van der Waals surface area (Å²) < 4.78 is 5.67. The number of aryl methyl sites for hydroxylation is 1. The van der Waals surface area contributed by atoms with Gasteiger partial charge in [0, 0.05) is 5.69 Å². The number of thioether (sulfide) groups is 1. The summed E-state index contributed by atoms with van der Waals surface area (Å²) in [5.41, 5.74) is 7.58. The van der Waals surface area contributed by atoms with E-state index in [0.717, 1.165) is 22.8 Å². The molecule has 0 fully saturated rings. The van der Waals surface area contributed by atoms with Crippen LogP contribution in [0, 0.1) is 6.92 Å². The van der Waals surface area contributed by atoms with E-state index in [4.69, 9.17) is 10.5 Å². The Labute approximate surface area is 125 Å². The maximum absolute atomic E-state index is 11.9. The second-order valence-corrected chi connectivity index (χ2v) is 6.01. The van der Waals surface area contributed by atoms with Gasteiger partial charge in [-0.3, -0.25) is 4.79 Å². The molecule has 1 aromatic carbocycles. The zero-order valence-electron chi connectivity index (χ0n) is 12.6. The second kappa shape index (κ2) is 8.17. The van der Waals surface area contributed by atoms with Crippen LogP contribution in [0.5, 0.6) is 5.75 Å². The number of carbonyl (C=O) groups excluding carboxylic acids is 1. The molecule has 4 nitrogen and oxygen atoms in total. The van der Waals surface area contributed by atoms with Gasteiger partial charge in [-0.2, -0.15) is 11.8 Å². The summed E-state index contributed by atoms with van der Waals surface area (Å²) in [5, 5.41) is 2.84. The number of amides is 1. The first-order chi connectivity index (χ1) is 9.43. The highest BCUT2D eigenvalue weighted by molar-refractivity contribution is 7.98. The number of rotatable bonds is 7. The molecule has 1 amide bonds. The fourth-order valence-electron chi connectivity index (χ4n) is 1.72. The number of nitrogens with two attached hydrogens (primary N) is 1. The van der Waals surface area contributed by atoms with Crippen LogP contribution in [0.15, 0.2) is 18.2 Å². The molecule has 1 aromatic rings. The van der Waals surface area contributed by atoms with Gasteiger partial charge in [0.2, 0.25) is 5.91 Å². The lowest BCUT2D eigenvalue weighted by atomic mass is 10.1. The highest BCUT2D eigenvalue weighted by atomic mass is 32.2. The van der Waals surface area contributed by atoms with E-state index in [-0.39, 0.29) is 12.0 Å². The number of anilines is 1. The summed E-state index contributed by atoms with van der Waals surface area (Å²) in [6, 6.07) is 5.15. The van der Waals surface area contributed by atoms with Crippen LogP contribution in [-0.4, -0.2) is 30.1 Å². The van der Waals surface area contributed by atoms with Gasteiger partial charge in [-0.25, -0.2) is 0 Å². The average molecular weight is 296 g/mol. The van der Waals surface area contributed by atoms with Gasteiger partial charge in [0.05, 0.1) is 12.1 Å². The molecule has 0 aliphatic carbocycles.